The highest BCUT2D eigenvalue weighted by molar-refractivity contribution is 4.66. The average Bonchev–Trinajstić information content (AvgIpc) is 1.93. The molecule has 0 unspecified atom stereocenters. The van der Waals surface area contributed by atoms with Gasteiger partial charge < -0.3 is 0 Å². The molecule has 0 radical (unpaired) electrons. The van der Waals surface area contributed by atoms with Gasteiger partial charge in [0.05, 0.1) is 0 Å². The first kappa shape index (κ1) is 8.46. The van der Waals surface area contributed by atoms with Gasteiger partial charge in [-0.2, -0.15) is 0 Å². The van der Waals surface area contributed by atoms with Crippen LogP contribution >= 0.6 is 0 Å². The third kappa shape index (κ3) is 2.84. The van der Waals surface area contributed by atoms with E-state index in [-0.39, 0.29) is 11.6 Å². The molecule has 0 atom stereocenters. The maximum absolute atomic E-state index is 10.1. The Balaban J connectivity index is 2.22. The molecule has 0 bridgehead atoms. The van der Waals surface area contributed by atoms with Gasteiger partial charge in [-0.05, 0) is 18.8 Å². The summed E-state index contributed by atoms with van der Waals surface area (Å²) in [5.74, 6) is 0.748. The van der Waals surface area contributed by atoms with Crippen LogP contribution in [0.5, 0.6) is 0 Å². The van der Waals surface area contributed by atoms with Gasteiger partial charge in [-0.3, -0.25) is 10.1 Å². The minimum absolute atomic E-state index is 0.0206. The molecule has 1 rings (SSSR count). The molecule has 0 saturated carbocycles. The highest BCUT2D eigenvalue weighted by atomic mass is 16.6. The number of nitrogens with zero attached hydrogens (tertiary/aromatic N) is 2. The predicted molar refractivity (Wildman–Crippen MR) is 41.8 cm³/mol. The Hall–Kier alpha value is -0.640. The molecule has 4 heteroatoms. The molecule has 1 aliphatic rings. The van der Waals surface area contributed by atoms with Crippen LogP contribution in [0.4, 0.5) is 0 Å². The monoisotopic (exact) mass is 158 g/mol. The van der Waals surface area contributed by atoms with Gasteiger partial charge in [-0.1, -0.05) is 6.92 Å². The highest BCUT2D eigenvalue weighted by Gasteiger charge is 2.18. The second kappa shape index (κ2) is 3.67. The summed E-state index contributed by atoms with van der Waals surface area (Å²) in [6.07, 6.45) is 2.21. The number of hydrogen-bond donors (Lipinski definition) is 0. The topological polar surface area (TPSA) is 46.4 Å². The van der Waals surface area contributed by atoms with Crippen LogP contribution in [0.1, 0.15) is 19.8 Å². The zero-order valence-electron chi connectivity index (χ0n) is 6.82. The zero-order chi connectivity index (χ0) is 8.27. The molecule has 0 aromatic carbocycles. The summed E-state index contributed by atoms with van der Waals surface area (Å²) >= 11 is 0. The van der Waals surface area contributed by atoms with Gasteiger partial charge in [0.25, 0.3) is 6.67 Å². The van der Waals surface area contributed by atoms with E-state index in [1.807, 2.05) is 4.90 Å². The Kier molecular flexibility index (Phi) is 2.82. The Labute approximate surface area is 66.3 Å². The predicted octanol–water partition coefficient (Wildman–Crippen LogP) is 0.953. The molecule has 0 aliphatic carbocycles. The van der Waals surface area contributed by atoms with Crippen LogP contribution in [0.2, 0.25) is 0 Å². The van der Waals surface area contributed by atoms with Gasteiger partial charge in [-0.15, -0.1) is 0 Å². The second-order valence-electron chi connectivity index (χ2n) is 3.27. The van der Waals surface area contributed by atoms with E-state index in [9.17, 15) is 10.1 Å². The fourth-order valence-electron chi connectivity index (χ4n) is 1.37. The first-order valence-corrected chi connectivity index (χ1v) is 4.02. The van der Waals surface area contributed by atoms with E-state index in [1.165, 1.54) is 0 Å². The molecule has 1 saturated heterocycles. The molecule has 0 aromatic heterocycles. The molecule has 1 fully saturated rings. The van der Waals surface area contributed by atoms with E-state index < -0.39 is 0 Å². The Morgan fingerprint density at radius 1 is 1.55 bits per heavy atom. The van der Waals surface area contributed by atoms with E-state index in [2.05, 4.69) is 6.92 Å². The minimum atomic E-state index is -0.254. The maximum atomic E-state index is 10.1. The lowest BCUT2D eigenvalue weighted by molar-refractivity contribution is -0.504. The summed E-state index contributed by atoms with van der Waals surface area (Å²) in [6, 6.07) is 0. The first-order valence-electron chi connectivity index (χ1n) is 4.02. The normalized spacial score (nSPS) is 21.9. The largest absolute Gasteiger partial charge is 0.263 e. The molecule has 1 aliphatic heterocycles. The van der Waals surface area contributed by atoms with Crippen LogP contribution in [0.3, 0.4) is 0 Å². The molecule has 11 heavy (non-hydrogen) atoms. The highest BCUT2D eigenvalue weighted by Crippen LogP contribution is 2.15. The van der Waals surface area contributed by atoms with Crippen molar-refractivity contribution in [3.63, 3.8) is 0 Å². The molecule has 4 nitrogen and oxygen atoms in total. The molecule has 64 valence electrons. The van der Waals surface area contributed by atoms with E-state index in [0.717, 1.165) is 31.8 Å². The molecule has 0 N–H and O–H groups in total. The van der Waals surface area contributed by atoms with Crippen LogP contribution in [-0.2, 0) is 0 Å². The number of nitro groups is 1. The van der Waals surface area contributed by atoms with E-state index in [0.29, 0.717) is 0 Å². The van der Waals surface area contributed by atoms with Crippen molar-refractivity contribution in [1.82, 2.24) is 4.90 Å². The lowest BCUT2D eigenvalue weighted by Crippen LogP contribution is -2.36. The first-order chi connectivity index (χ1) is 5.18. The third-order valence-electron chi connectivity index (χ3n) is 2.19. The van der Waals surface area contributed by atoms with Crippen molar-refractivity contribution in [1.29, 1.82) is 0 Å². The molecular formula is C7H14N2O2. The Morgan fingerprint density at radius 3 is 2.55 bits per heavy atom. The summed E-state index contributed by atoms with van der Waals surface area (Å²) in [6.45, 7) is 4.00. The quantitative estimate of drug-likeness (QED) is 0.444. The van der Waals surface area contributed by atoms with Crippen LogP contribution < -0.4 is 0 Å². The Morgan fingerprint density at radius 2 is 2.09 bits per heavy atom. The van der Waals surface area contributed by atoms with Crippen molar-refractivity contribution in [2.24, 2.45) is 5.92 Å². The lowest BCUT2D eigenvalue weighted by atomic mass is 10.00. The molecule has 0 aromatic rings. The van der Waals surface area contributed by atoms with Crippen LogP contribution in [0.15, 0.2) is 0 Å². The number of likely N-dealkylation sites (tertiary alicyclic amines) is 1. The van der Waals surface area contributed by atoms with Crippen LogP contribution in [-0.4, -0.2) is 29.6 Å². The number of piperidine rings is 1. The van der Waals surface area contributed by atoms with Gasteiger partial charge in [0, 0.05) is 18.0 Å². The minimum Gasteiger partial charge on any atom is -0.263 e. The summed E-state index contributed by atoms with van der Waals surface area (Å²) in [5.41, 5.74) is 0. The van der Waals surface area contributed by atoms with Crippen LogP contribution in [0, 0.1) is 16.0 Å². The second-order valence-corrected chi connectivity index (χ2v) is 3.27. The third-order valence-corrected chi connectivity index (χ3v) is 2.19. The number of rotatable bonds is 2. The van der Waals surface area contributed by atoms with Crippen molar-refractivity contribution in [3.05, 3.63) is 10.1 Å². The summed E-state index contributed by atoms with van der Waals surface area (Å²) in [7, 11) is 0. The van der Waals surface area contributed by atoms with Crippen molar-refractivity contribution in [3.8, 4) is 0 Å². The standard InChI is InChI=1S/C7H14N2O2/c1-7-2-4-8(5-3-7)6-9(10)11/h7H,2-6H2,1H3. The van der Waals surface area contributed by atoms with Gasteiger partial charge >= 0.3 is 0 Å². The maximum Gasteiger partial charge on any atom is 0.259 e. The molecule has 1 heterocycles. The molecular weight excluding hydrogens is 144 g/mol. The summed E-state index contributed by atoms with van der Waals surface area (Å²) in [5, 5.41) is 10.1. The average molecular weight is 158 g/mol. The number of hydrogen-bond acceptors (Lipinski definition) is 3. The summed E-state index contributed by atoms with van der Waals surface area (Å²) in [4.78, 5) is 11.8. The van der Waals surface area contributed by atoms with Crippen LogP contribution in [0.25, 0.3) is 0 Å². The van der Waals surface area contributed by atoms with Gasteiger partial charge in [0.2, 0.25) is 0 Å². The van der Waals surface area contributed by atoms with Crippen molar-refractivity contribution >= 4 is 0 Å². The van der Waals surface area contributed by atoms with Crippen molar-refractivity contribution < 1.29 is 4.92 Å². The summed E-state index contributed by atoms with van der Waals surface area (Å²) < 4.78 is 0. The fourth-order valence-corrected chi connectivity index (χ4v) is 1.37. The van der Waals surface area contributed by atoms with Crippen molar-refractivity contribution in [2.75, 3.05) is 19.8 Å². The smallest absolute Gasteiger partial charge is 0.259 e. The molecule has 0 spiro atoms. The molecule has 0 amide bonds. The van der Waals surface area contributed by atoms with Gasteiger partial charge in [-0.25, -0.2) is 4.90 Å². The SMILES string of the molecule is CC1CCN(C[N+](=O)[O-])CC1. The van der Waals surface area contributed by atoms with E-state index >= 15 is 0 Å². The van der Waals surface area contributed by atoms with Gasteiger partial charge in [0.15, 0.2) is 0 Å². The lowest BCUT2D eigenvalue weighted by Gasteiger charge is -2.26. The van der Waals surface area contributed by atoms with E-state index in [4.69, 9.17) is 0 Å². The van der Waals surface area contributed by atoms with E-state index in [1.54, 1.807) is 0 Å². The Bertz CT molecular complexity index is 141. The van der Waals surface area contributed by atoms with Gasteiger partial charge in [0.1, 0.15) is 0 Å². The van der Waals surface area contributed by atoms with Crippen molar-refractivity contribution in [2.45, 2.75) is 19.8 Å². The zero-order valence-corrected chi connectivity index (χ0v) is 6.82. The fraction of sp³-hybridized carbons (Fsp3) is 1.00.